The Balaban J connectivity index is 3.59. The van der Waals surface area contributed by atoms with Crippen LogP contribution in [0.1, 0.15) is 33.6 Å². The van der Waals surface area contributed by atoms with E-state index in [9.17, 15) is 14.9 Å². The number of hydrogen-bond acceptors (Lipinski definition) is 4. The minimum absolute atomic E-state index is 0.129. The highest BCUT2D eigenvalue weighted by molar-refractivity contribution is 5.90. The second-order valence-electron chi connectivity index (χ2n) is 2.87. The van der Waals surface area contributed by atoms with Crippen molar-refractivity contribution >= 4 is 11.7 Å². The van der Waals surface area contributed by atoms with Crippen molar-refractivity contribution in [3.05, 3.63) is 21.5 Å². The second-order valence-corrected chi connectivity index (χ2v) is 2.87. The van der Waals surface area contributed by atoms with Gasteiger partial charge in [0.15, 0.2) is 0 Å². The first-order chi connectivity index (χ1) is 8.20. The molecular formula is C8H11N3O4. The van der Waals surface area contributed by atoms with Crippen molar-refractivity contribution in [2.45, 2.75) is 19.8 Å². The van der Waals surface area contributed by atoms with Gasteiger partial charge >= 0.3 is 11.7 Å². The molecule has 0 radical (unpaired) electrons. The third-order valence-electron chi connectivity index (χ3n) is 1.80. The summed E-state index contributed by atoms with van der Waals surface area (Å²) in [5, 5.41) is 23.3. The molecular weight excluding hydrogens is 202 g/mol. The Kier molecular flexibility index (Phi) is 2.00. The number of hydrogen-bond donors (Lipinski definition) is 1. The average molecular weight is 216 g/mol. The Morgan fingerprint density at radius 1 is 1.80 bits per heavy atom. The van der Waals surface area contributed by atoms with Gasteiger partial charge in [0, 0.05) is 11.1 Å². The van der Waals surface area contributed by atoms with Gasteiger partial charge in [-0.05, 0) is 6.42 Å². The van der Waals surface area contributed by atoms with Crippen molar-refractivity contribution in [2.24, 2.45) is 6.98 Å². The lowest BCUT2D eigenvalue weighted by Crippen LogP contribution is -2.07. The van der Waals surface area contributed by atoms with Crippen LogP contribution < -0.4 is 0 Å². The zero-order chi connectivity index (χ0) is 14.1. The number of rotatable bonds is 4. The van der Waals surface area contributed by atoms with E-state index in [0.717, 1.165) is 0 Å². The topological polar surface area (TPSA) is 98.3 Å². The number of carbonyl (C=O) groups is 1. The van der Waals surface area contributed by atoms with Crippen LogP contribution in [0.5, 0.6) is 0 Å². The molecule has 0 aliphatic carbocycles. The minimum Gasteiger partial charge on any atom is -0.476 e. The van der Waals surface area contributed by atoms with Gasteiger partial charge in [-0.15, -0.1) is 0 Å². The Hall–Kier alpha value is -1.92. The SMILES string of the molecule is [2H]C([2H])([2H])n1nc(CCC)c([N+](=O)[O-])c1C(=O)O. The quantitative estimate of drug-likeness (QED) is 0.597. The minimum atomic E-state index is -2.87. The van der Waals surface area contributed by atoms with E-state index in [1.807, 2.05) is 0 Å². The molecule has 15 heavy (non-hydrogen) atoms. The predicted octanol–water partition coefficient (Wildman–Crippen LogP) is 0.979. The normalized spacial score (nSPS) is 14.1. The Bertz CT molecular complexity index is 495. The summed E-state index contributed by atoms with van der Waals surface area (Å²) in [6.07, 6.45) is 0.623. The fourth-order valence-corrected chi connectivity index (χ4v) is 1.24. The zero-order valence-corrected chi connectivity index (χ0v) is 7.93. The number of nitrogens with zero attached hydrogens (tertiary/aromatic N) is 3. The van der Waals surface area contributed by atoms with Gasteiger partial charge in [0.25, 0.3) is 0 Å². The van der Waals surface area contributed by atoms with Crippen LogP contribution >= 0.6 is 0 Å². The third-order valence-corrected chi connectivity index (χ3v) is 1.80. The predicted molar refractivity (Wildman–Crippen MR) is 50.8 cm³/mol. The molecule has 7 heteroatoms. The molecule has 0 saturated heterocycles. The maximum absolute atomic E-state index is 11.0. The molecule has 0 fully saturated rings. The van der Waals surface area contributed by atoms with Crippen LogP contribution in [0.2, 0.25) is 0 Å². The van der Waals surface area contributed by atoms with E-state index in [0.29, 0.717) is 6.42 Å². The van der Waals surface area contributed by atoms with Crippen molar-refractivity contribution in [3.8, 4) is 0 Å². The lowest BCUT2D eigenvalue weighted by molar-refractivity contribution is -0.386. The van der Waals surface area contributed by atoms with E-state index in [-0.39, 0.29) is 16.8 Å². The summed E-state index contributed by atoms with van der Waals surface area (Å²) in [6, 6.07) is 0. The highest BCUT2D eigenvalue weighted by Crippen LogP contribution is 2.23. The lowest BCUT2D eigenvalue weighted by Gasteiger charge is -1.93. The lowest BCUT2D eigenvalue weighted by atomic mass is 10.2. The molecule has 0 aliphatic heterocycles. The second kappa shape index (κ2) is 4.07. The summed E-state index contributed by atoms with van der Waals surface area (Å²) in [4.78, 5) is 21.0. The maximum atomic E-state index is 11.0. The first-order valence-corrected chi connectivity index (χ1v) is 4.20. The van der Waals surface area contributed by atoms with E-state index >= 15 is 0 Å². The van der Waals surface area contributed by atoms with Crippen LogP contribution in [0.15, 0.2) is 0 Å². The Morgan fingerprint density at radius 3 is 2.87 bits per heavy atom. The molecule has 0 atom stereocenters. The van der Waals surface area contributed by atoms with Crippen molar-refractivity contribution in [1.82, 2.24) is 9.78 Å². The molecule has 0 unspecified atom stereocenters. The van der Waals surface area contributed by atoms with Crippen LogP contribution in [-0.4, -0.2) is 25.8 Å². The molecule has 1 aromatic heterocycles. The van der Waals surface area contributed by atoms with Crippen molar-refractivity contribution in [1.29, 1.82) is 0 Å². The standard InChI is InChI=1S/C8H11N3O4/c1-3-4-5-6(11(14)15)7(8(12)13)10(2)9-5/h3-4H2,1-2H3,(H,12,13)/i2D3. The summed E-state index contributed by atoms with van der Waals surface area (Å²) < 4.78 is 21.6. The molecule has 7 nitrogen and oxygen atoms in total. The summed E-state index contributed by atoms with van der Waals surface area (Å²) in [6.45, 7) is -1.15. The van der Waals surface area contributed by atoms with Gasteiger partial charge in [0.2, 0.25) is 5.69 Å². The molecule has 1 heterocycles. The fourth-order valence-electron chi connectivity index (χ4n) is 1.24. The number of aryl methyl sites for hydroxylation is 2. The maximum Gasteiger partial charge on any atom is 0.361 e. The molecule has 0 bridgehead atoms. The average Bonchev–Trinajstić information content (AvgIpc) is 2.57. The van der Waals surface area contributed by atoms with E-state index in [4.69, 9.17) is 9.22 Å². The monoisotopic (exact) mass is 216 g/mol. The molecule has 0 amide bonds. The molecule has 0 aliphatic rings. The van der Waals surface area contributed by atoms with Crippen LogP contribution in [0, 0.1) is 10.1 Å². The first kappa shape index (κ1) is 7.38. The Labute approximate surface area is 89.7 Å². The largest absolute Gasteiger partial charge is 0.476 e. The summed E-state index contributed by atoms with van der Waals surface area (Å²) >= 11 is 0. The van der Waals surface area contributed by atoms with Gasteiger partial charge in [-0.1, -0.05) is 13.3 Å². The van der Waals surface area contributed by atoms with Crippen molar-refractivity contribution in [2.75, 3.05) is 0 Å². The fraction of sp³-hybridized carbons (Fsp3) is 0.500. The molecule has 1 N–H and O–H groups in total. The highest BCUT2D eigenvalue weighted by Gasteiger charge is 2.30. The smallest absolute Gasteiger partial charge is 0.361 e. The number of nitro groups is 1. The highest BCUT2D eigenvalue weighted by atomic mass is 16.6. The summed E-state index contributed by atoms with van der Waals surface area (Å²) in [5.41, 5.74) is -1.79. The number of carboxylic acid groups (broad SMARTS) is 1. The summed E-state index contributed by atoms with van der Waals surface area (Å²) in [7, 11) is 0. The zero-order valence-electron chi connectivity index (χ0n) is 10.9. The van der Waals surface area contributed by atoms with Crippen molar-refractivity contribution < 1.29 is 18.9 Å². The number of aromatic carboxylic acids is 1. The van der Waals surface area contributed by atoms with Crippen LogP contribution in [0.25, 0.3) is 0 Å². The first-order valence-electron chi connectivity index (χ1n) is 5.70. The van der Waals surface area contributed by atoms with E-state index in [1.165, 1.54) is 0 Å². The third kappa shape index (κ3) is 1.95. The number of aromatic nitrogens is 2. The van der Waals surface area contributed by atoms with Gasteiger partial charge < -0.3 is 5.11 Å². The molecule has 0 spiro atoms. The molecule has 0 saturated carbocycles. The van der Waals surface area contributed by atoms with Gasteiger partial charge in [-0.3, -0.25) is 14.8 Å². The number of carboxylic acids is 1. The van der Waals surface area contributed by atoms with Gasteiger partial charge in [0.05, 0.1) is 4.92 Å². The van der Waals surface area contributed by atoms with Gasteiger partial charge in [0.1, 0.15) is 5.69 Å². The van der Waals surface area contributed by atoms with E-state index < -0.39 is 29.2 Å². The van der Waals surface area contributed by atoms with E-state index in [1.54, 1.807) is 6.92 Å². The molecule has 82 valence electrons. The van der Waals surface area contributed by atoms with Crippen LogP contribution in [0.3, 0.4) is 0 Å². The molecule has 1 aromatic rings. The van der Waals surface area contributed by atoms with Gasteiger partial charge in [-0.25, -0.2) is 4.79 Å². The van der Waals surface area contributed by atoms with Gasteiger partial charge in [-0.2, -0.15) is 5.10 Å². The molecule has 0 aromatic carbocycles. The van der Waals surface area contributed by atoms with Crippen LogP contribution in [0.4, 0.5) is 5.69 Å². The van der Waals surface area contributed by atoms with Crippen molar-refractivity contribution in [3.63, 3.8) is 0 Å². The summed E-state index contributed by atoms with van der Waals surface area (Å²) in [5.74, 6) is -1.69. The molecule has 1 rings (SSSR count). The Morgan fingerprint density at radius 2 is 2.47 bits per heavy atom. The van der Waals surface area contributed by atoms with E-state index in [2.05, 4.69) is 5.10 Å². The van der Waals surface area contributed by atoms with Crippen LogP contribution in [-0.2, 0) is 13.4 Å².